The molecule has 8 nitrogen and oxygen atoms in total. The van der Waals surface area contributed by atoms with E-state index < -0.39 is 24.3 Å². The molecule has 4 aromatic carbocycles. The molecule has 2 N–H and O–H groups in total. The van der Waals surface area contributed by atoms with Gasteiger partial charge >= 0.3 is 6.09 Å². The first-order valence-electron chi connectivity index (χ1n) is 12.3. The Kier molecular flexibility index (Phi) is 7.49. The lowest BCUT2D eigenvalue weighted by molar-refractivity contribution is -0.173. The first-order chi connectivity index (χ1) is 18.6. The molecule has 192 valence electrons. The van der Waals surface area contributed by atoms with Gasteiger partial charge in [0.25, 0.3) is 5.91 Å². The molecule has 1 fully saturated rings. The summed E-state index contributed by atoms with van der Waals surface area (Å²) < 4.78 is 11.2. The molecule has 0 radical (unpaired) electrons. The van der Waals surface area contributed by atoms with E-state index in [1.807, 2.05) is 91.0 Å². The summed E-state index contributed by atoms with van der Waals surface area (Å²) in [4.78, 5) is 38.4. The third kappa shape index (κ3) is 5.92. The Morgan fingerprint density at radius 1 is 0.868 bits per heavy atom. The van der Waals surface area contributed by atoms with Crippen molar-refractivity contribution in [3.05, 3.63) is 114 Å². The molecule has 1 aliphatic rings. The second-order valence-corrected chi connectivity index (χ2v) is 8.93. The minimum atomic E-state index is -1.00. The van der Waals surface area contributed by atoms with Crippen LogP contribution < -0.4 is 15.5 Å². The van der Waals surface area contributed by atoms with Gasteiger partial charge in [-0.05, 0) is 34.0 Å². The van der Waals surface area contributed by atoms with E-state index in [4.69, 9.17) is 9.47 Å². The van der Waals surface area contributed by atoms with Gasteiger partial charge in [0, 0.05) is 6.42 Å². The third-order valence-corrected chi connectivity index (χ3v) is 6.28. The van der Waals surface area contributed by atoms with Crippen molar-refractivity contribution >= 4 is 28.7 Å². The molecule has 1 heterocycles. The fourth-order valence-electron chi connectivity index (χ4n) is 4.28. The topological polar surface area (TPSA) is 97.0 Å². The summed E-state index contributed by atoms with van der Waals surface area (Å²) in [5.41, 5.74) is 4.33. The number of para-hydroxylation sites is 1. The van der Waals surface area contributed by atoms with Gasteiger partial charge < -0.3 is 14.8 Å². The number of nitrogens with zero attached hydrogens (tertiary/aromatic N) is 1. The quantitative estimate of drug-likeness (QED) is 0.327. The summed E-state index contributed by atoms with van der Waals surface area (Å²) in [6.45, 7) is 0.0624. The van der Waals surface area contributed by atoms with Crippen molar-refractivity contribution in [2.45, 2.75) is 31.7 Å². The number of amides is 3. The molecule has 8 heteroatoms. The lowest BCUT2D eigenvalue weighted by atomic mass is 9.98. The number of hydrogen-bond donors (Lipinski definition) is 2. The van der Waals surface area contributed by atoms with Crippen LogP contribution in [0.4, 0.5) is 4.79 Å². The molecule has 38 heavy (non-hydrogen) atoms. The fraction of sp³-hybridized carbons (Fsp3) is 0.167. The molecule has 1 unspecified atom stereocenters. The number of rotatable bonds is 9. The third-order valence-electron chi connectivity index (χ3n) is 6.28. The van der Waals surface area contributed by atoms with Crippen LogP contribution >= 0.6 is 0 Å². The minimum absolute atomic E-state index is 0.0624. The number of nitrogens with one attached hydrogen (secondary N) is 2. The number of benzene rings is 4. The highest BCUT2D eigenvalue weighted by atomic mass is 16.5. The minimum Gasteiger partial charge on any atom is -0.468 e. The number of fused-ring (bicyclic) bond motifs is 1. The number of β-lactam (4-membered cyclic amide) rings is 1. The highest BCUT2D eigenvalue weighted by Gasteiger charge is 2.40. The van der Waals surface area contributed by atoms with Crippen molar-refractivity contribution < 1.29 is 23.9 Å². The van der Waals surface area contributed by atoms with Gasteiger partial charge in [-0.2, -0.15) is 0 Å². The van der Waals surface area contributed by atoms with Crippen LogP contribution in [-0.4, -0.2) is 35.2 Å². The van der Waals surface area contributed by atoms with Gasteiger partial charge in [-0.3, -0.25) is 15.0 Å². The number of hydrazine groups is 1. The molecule has 0 aromatic heterocycles. The number of hydrogen-bond acceptors (Lipinski definition) is 5. The fourth-order valence-corrected chi connectivity index (χ4v) is 4.28. The average Bonchev–Trinajstić information content (AvgIpc) is 2.95. The zero-order valence-corrected chi connectivity index (χ0v) is 20.6. The highest BCUT2D eigenvalue weighted by Crippen LogP contribution is 2.23. The molecule has 3 amide bonds. The van der Waals surface area contributed by atoms with Crippen LogP contribution in [0.1, 0.15) is 17.5 Å². The Labute approximate surface area is 220 Å². The van der Waals surface area contributed by atoms with Crippen LogP contribution in [0.3, 0.4) is 0 Å². The molecule has 2 atom stereocenters. The normalized spacial score (nSPS) is 15.3. The molecule has 0 bridgehead atoms. The van der Waals surface area contributed by atoms with E-state index in [0.29, 0.717) is 5.75 Å². The van der Waals surface area contributed by atoms with Gasteiger partial charge in [-0.15, -0.1) is 0 Å². The zero-order valence-electron chi connectivity index (χ0n) is 20.6. The van der Waals surface area contributed by atoms with Gasteiger partial charge in [0.15, 0.2) is 0 Å². The molecule has 4 aromatic rings. The smallest absolute Gasteiger partial charge is 0.408 e. The average molecular weight is 510 g/mol. The van der Waals surface area contributed by atoms with E-state index in [0.717, 1.165) is 26.9 Å². The Morgan fingerprint density at radius 3 is 2.32 bits per heavy atom. The number of carbonyl (C=O) groups excluding carboxylic acids is 3. The van der Waals surface area contributed by atoms with E-state index in [2.05, 4.69) is 10.7 Å². The van der Waals surface area contributed by atoms with Crippen molar-refractivity contribution in [2.24, 2.45) is 0 Å². The van der Waals surface area contributed by atoms with Crippen molar-refractivity contribution in [2.75, 3.05) is 0 Å². The molecule has 5 rings (SSSR count). The van der Waals surface area contributed by atoms with E-state index >= 15 is 0 Å². The number of carbonyl (C=O) groups is 3. The van der Waals surface area contributed by atoms with Gasteiger partial charge in [0.1, 0.15) is 18.4 Å². The summed E-state index contributed by atoms with van der Waals surface area (Å²) in [7, 11) is 0. The molecule has 0 saturated carbocycles. The lowest BCUT2D eigenvalue weighted by Crippen LogP contribution is -2.65. The molecule has 0 spiro atoms. The van der Waals surface area contributed by atoms with Crippen LogP contribution in [0.25, 0.3) is 10.8 Å². The molecular formula is C30H27N3O5. The maximum Gasteiger partial charge on any atom is 0.408 e. The predicted molar refractivity (Wildman–Crippen MR) is 142 cm³/mol. The molecule has 1 saturated heterocycles. The lowest BCUT2D eigenvalue weighted by Gasteiger charge is -2.40. The van der Waals surface area contributed by atoms with E-state index in [1.165, 1.54) is 0 Å². The molecule has 0 aliphatic carbocycles. The van der Waals surface area contributed by atoms with Crippen molar-refractivity contribution in [1.29, 1.82) is 0 Å². The largest absolute Gasteiger partial charge is 0.468 e. The Bertz CT molecular complexity index is 1420. The van der Waals surface area contributed by atoms with Crippen LogP contribution in [-0.2, 0) is 27.4 Å². The van der Waals surface area contributed by atoms with E-state index in [-0.39, 0.29) is 25.4 Å². The van der Waals surface area contributed by atoms with Gasteiger partial charge in [0.05, 0.1) is 6.42 Å². The van der Waals surface area contributed by atoms with Gasteiger partial charge in [-0.25, -0.2) is 9.80 Å². The van der Waals surface area contributed by atoms with Crippen LogP contribution in [0.2, 0.25) is 0 Å². The first kappa shape index (κ1) is 24.8. The standard InChI is InChI=1S/C30H27N3O5/c34-27-19-28(38-24-15-5-2-6-16-24)33(27)32-29(35)26(31-30(36)37-20-21-10-3-1-4-11-21)18-23-14-9-13-22-12-7-8-17-25(22)23/h1-17,26,28H,18-20H2,(H,31,36)(H,32,35)/t26-,28?/m0/s1. The second kappa shape index (κ2) is 11.5. The van der Waals surface area contributed by atoms with Gasteiger partial charge in [0.2, 0.25) is 12.1 Å². The Hall–Kier alpha value is -4.85. The maximum atomic E-state index is 13.4. The maximum absolute atomic E-state index is 13.4. The van der Waals surface area contributed by atoms with Crippen molar-refractivity contribution in [1.82, 2.24) is 15.8 Å². The SMILES string of the molecule is O=C(N[C@@H](Cc1cccc2ccccc12)C(=O)NN1C(=O)CC1Oc1ccccc1)OCc1ccccc1. The Balaban J connectivity index is 1.31. The molecular weight excluding hydrogens is 482 g/mol. The van der Waals surface area contributed by atoms with Crippen LogP contribution in [0.15, 0.2) is 103 Å². The molecule has 1 aliphatic heterocycles. The second-order valence-electron chi connectivity index (χ2n) is 8.93. The summed E-state index contributed by atoms with van der Waals surface area (Å²) in [5.74, 6) is -0.252. The summed E-state index contributed by atoms with van der Waals surface area (Å²) >= 11 is 0. The highest BCUT2D eigenvalue weighted by molar-refractivity contribution is 5.91. The summed E-state index contributed by atoms with van der Waals surface area (Å²) in [6, 6.07) is 30.9. The summed E-state index contributed by atoms with van der Waals surface area (Å²) in [5, 5.41) is 5.82. The predicted octanol–water partition coefficient (Wildman–Crippen LogP) is 4.35. The van der Waals surface area contributed by atoms with Gasteiger partial charge in [-0.1, -0.05) is 91.0 Å². The number of alkyl carbamates (subject to hydrolysis) is 1. The van der Waals surface area contributed by atoms with E-state index in [1.54, 1.807) is 12.1 Å². The van der Waals surface area contributed by atoms with E-state index in [9.17, 15) is 14.4 Å². The van der Waals surface area contributed by atoms with Crippen LogP contribution in [0, 0.1) is 0 Å². The number of ether oxygens (including phenoxy) is 2. The monoisotopic (exact) mass is 509 g/mol. The zero-order chi connectivity index (χ0) is 26.3. The summed E-state index contributed by atoms with van der Waals surface area (Å²) in [6.07, 6.45) is -1.05. The first-order valence-corrected chi connectivity index (χ1v) is 12.3. The van der Waals surface area contributed by atoms with Crippen LogP contribution in [0.5, 0.6) is 5.75 Å². The van der Waals surface area contributed by atoms with Crippen molar-refractivity contribution in [3.63, 3.8) is 0 Å². The van der Waals surface area contributed by atoms with Crippen molar-refractivity contribution in [3.8, 4) is 5.75 Å². The Morgan fingerprint density at radius 2 is 1.55 bits per heavy atom.